The zero-order valence-corrected chi connectivity index (χ0v) is 9.31. The van der Waals surface area contributed by atoms with Crippen molar-refractivity contribution in [3.8, 4) is 0 Å². The summed E-state index contributed by atoms with van der Waals surface area (Å²) in [5, 5.41) is 11.3. The second kappa shape index (κ2) is 5.30. The Kier molecular flexibility index (Phi) is 4.05. The van der Waals surface area contributed by atoms with Crippen molar-refractivity contribution in [2.45, 2.75) is 19.9 Å². The Morgan fingerprint density at radius 1 is 1.19 bits per heavy atom. The van der Waals surface area contributed by atoms with Crippen molar-refractivity contribution >= 4 is 11.9 Å². The number of hydrogen-bond acceptors (Lipinski definition) is 2. The number of amides is 1. The molecule has 0 saturated heterocycles. The van der Waals surface area contributed by atoms with E-state index in [1.807, 2.05) is 37.3 Å². The van der Waals surface area contributed by atoms with Crippen molar-refractivity contribution in [2.75, 3.05) is 0 Å². The van der Waals surface area contributed by atoms with Crippen LogP contribution < -0.4 is 5.32 Å². The van der Waals surface area contributed by atoms with Gasteiger partial charge in [-0.3, -0.25) is 9.59 Å². The molecule has 0 bridgehead atoms. The normalized spacial score (nSPS) is 13.9. The predicted octanol–water partition coefficient (Wildman–Crippen LogP) is 1.58. The highest BCUT2D eigenvalue weighted by Crippen LogP contribution is 2.11. The van der Waals surface area contributed by atoms with Crippen LogP contribution >= 0.6 is 0 Å². The summed E-state index contributed by atoms with van der Waals surface area (Å²) in [5.74, 6) is -2.60. The molecule has 0 radical (unpaired) electrons. The SMILES string of the molecule is C[C@H](C(=O)O)C(=O)N[C@@H](C)c1ccccc1. The van der Waals surface area contributed by atoms with Crippen molar-refractivity contribution < 1.29 is 14.7 Å². The van der Waals surface area contributed by atoms with Crippen LogP contribution in [0.15, 0.2) is 30.3 Å². The van der Waals surface area contributed by atoms with E-state index in [9.17, 15) is 9.59 Å². The van der Waals surface area contributed by atoms with Gasteiger partial charge in [0.2, 0.25) is 5.91 Å². The molecule has 1 aromatic carbocycles. The van der Waals surface area contributed by atoms with Crippen molar-refractivity contribution in [1.82, 2.24) is 5.32 Å². The molecular weight excluding hydrogens is 206 g/mol. The minimum absolute atomic E-state index is 0.185. The van der Waals surface area contributed by atoms with Crippen molar-refractivity contribution in [3.63, 3.8) is 0 Å². The lowest BCUT2D eigenvalue weighted by Gasteiger charge is -2.15. The maximum atomic E-state index is 11.5. The van der Waals surface area contributed by atoms with Crippen LogP contribution in [-0.4, -0.2) is 17.0 Å². The van der Waals surface area contributed by atoms with Crippen LogP contribution in [0.2, 0.25) is 0 Å². The molecular formula is C12H15NO3. The Morgan fingerprint density at radius 3 is 2.25 bits per heavy atom. The largest absolute Gasteiger partial charge is 0.481 e. The first-order valence-electron chi connectivity index (χ1n) is 5.10. The van der Waals surface area contributed by atoms with Gasteiger partial charge in [-0.15, -0.1) is 0 Å². The van der Waals surface area contributed by atoms with Crippen LogP contribution in [0.25, 0.3) is 0 Å². The van der Waals surface area contributed by atoms with E-state index in [0.29, 0.717) is 0 Å². The van der Waals surface area contributed by atoms with Gasteiger partial charge in [0, 0.05) is 0 Å². The summed E-state index contributed by atoms with van der Waals surface area (Å²) in [6.07, 6.45) is 0. The summed E-state index contributed by atoms with van der Waals surface area (Å²) in [6.45, 7) is 3.19. The van der Waals surface area contributed by atoms with E-state index in [1.54, 1.807) is 0 Å². The highest BCUT2D eigenvalue weighted by molar-refractivity contribution is 5.96. The molecule has 0 heterocycles. The number of hydrogen-bond donors (Lipinski definition) is 2. The number of carbonyl (C=O) groups excluding carboxylic acids is 1. The second-order valence-corrected chi connectivity index (χ2v) is 3.70. The van der Waals surface area contributed by atoms with Crippen LogP contribution in [-0.2, 0) is 9.59 Å². The topological polar surface area (TPSA) is 66.4 Å². The lowest BCUT2D eigenvalue weighted by molar-refractivity contribution is -0.146. The molecule has 16 heavy (non-hydrogen) atoms. The molecule has 2 atom stereocenters. The Hall–Kier alpha value is -1.84. The fourth-order valence-corrected chi connectivity index (χ4v) is 1.28. The van der Waals surface area contributed by atoms with Crippen molar-refractivity contribution in [1.29, 1.82) is 0 Å². The fraction of sp³-hybridized carbons (Fsp3) is 0.333. The van der Waals surface area contributed by atoms with Gasteiger partial charge in [-0.2, -0.15) is 0 Å². The van der Waals surface area contributed by atoms with E-state index < -0.39 is 17.8 Å². The molecule has 86 valence electrons. The lowest BCUT2D eigenvalue weighted by Crippen LogP contribution is -2.35. The summed E-state index contributed by atoms with van der Waals surface area (Å²) in [7, 11) is 0. The molecule has 4 nitrogen and oxygen atoms in total. The van der Waals surface area contributed by atoms with E-state index in [2.05, 4.69) is 5.32 Å². The Morgan fingerprint density at radius 2 is 1.75 bits per heavy atom. The Bertz CT molecular complexity index is 375. The molecule has 4 heteroatoms. The quantitative estimate of drug-likeness (QED) is 0.759. The van der Waals surface area contributed by atoms with Crippen LogP contribution in [0, 0.1) is 5.92 Å². The number of carbonyl (C=O) groups is 2. The second-order valence-electron chi connectivity index (χ2n) is 3.70. The lowest BCUT2D eigenvalue weighted by atomic mass is 10.1. The van der Waals surface area contributed by atoms with Crippen LogP contribution in [0.1, 0.15) is 25.5 Å². The molecule has 0 spiro atoms. The van der Waals surface area contributed by atoms with Crippen molar-refractivity contribution in [3.05, 3.63) is 35.9 Å². The van der Waals surface area contributed by atoms with Crippen molar-refractivity contribution in [2.24, 2.45) is 5.92 Å². The first-order chi connectivity index (χ1) is 7.52. The molecule has 0 aliphatic carbocycles. The zero-order valence-electron chi connectivity index (χ0n) is 9.31. The van der Waals surface area contributed by atoms with E-state index >= 15 is 0 Å². The van der Waals surface area contributed by atoms with Gasteiger partial charge < -0.3 is 10.4 Å². The first-order valence-corrected chi connectivity index (χ1v) is 5.10. The minimum Gasteiger partial charge on any atom is -0.481 e. The maximum absolute atomic E-state index is 11.5. The predicted molar refractivity (Wildman–Crippen MR) is 59.8 cm³/mol. The van der Waals surface area contributed by atoms with E-state index in [4.69, 9.17) is 5.11 Å². The number of benzene rings is 1. The third kappa shape index (κ3) is 3.08. The van der Waals surface area contributed by atoms with Gasteiger partial charge in [0.05, 0.1) is 6.04 Å². The van der Waals surface area contributed by atoms with Gasteiger partial charge in [-0.25, -0.2) is 0 Å². The summed E-state index contributed by atoms with van der Waals surface area (Å²) in [4.78, 5) is 22.1. The molecule has 1 rings (SSSR count). The van der Waals surface area contributed by atoms with Gasteiger partial charge in [0.25, 0.3) is 0 Å². The van der Waals surface area contributed by atoms with E-state index in [1.165, 1.54) is 6.92 Å². The number of carboxylic acid groups (broad SMARTS) is 1. The monoisotopic (exact) mass is 221 g/mol. The molecule has 0 aliphatic rings. The molecule has 1 aromatic rings. The van der Waals surface area contributed by atoms with Gasteiger partial charge in [0.15, 0.2) is 0 Å². The summed E-state index contributed by atoms with van der Waals surface area (Å²) < 4.78 is 0. The minimum atomic E-state index is -1.11. The smallest absolute Gasteiger partial charge is 0.315 e. The molecule has 1 amide bonds. The highest BCUT2D eigenvalue weighted by Gasteiger charge is 2.21. The third-order valence-corrected chi connectivity index (χ3v) is 2.42. The molecule has 2 N–H and O–H groups in total. The number of rotatable bonds is 4. The maximum Gasteiger partial charge on any atom is 0.315 e. The fourth-order valence-electron chi connectivity index (χ4n) is 1.28. The summed E-state index contributed by atoms with van der Waals surface area (Å²) >= 11 is 0. The first kappa shape index (κ1) is 12.2. The third-order valence-electron chi connectivity index (χ3n) is 2.42. The number of carboxylic acids is 1. The number of nitrogens with one attached hydrogen (secondary N) is 1. The number of aliphatic carboxylic acids is 1. The standard InChI is InChI=1S/C12H15NO3/c1-8(12(15)16)11(14)13-9(2)10-6-4-3-5-7-10/h3-9H,1-2H3,(H,13,14)(H,15,16)/t8-,9-/m0/s1. The molecule has 0 saturated carbocycles. The Labute approximate surface area is 94.3 Å². The van der Waals surface area contributed by atoms with E-state index in [-0.39, 0.29) is 6.04 Å². The highest BCUT2D eigenvalue weighted by atomic mass is 16.4. The van der Waals surface area contributed by atoms with Crippen LogP contribution in [0.4, 0.5) is 0 Å². The molecule has 0 aliphatic heterocycles. The molecule has 0 unspecified atom stereocenters. The van der Waals surface area contributed by atoms with Crippen LogP contribution in [0.3, 0.4) is 0 Å². The summed E-state index contributed by atoms with van der Waals surface area (Å²) in [5.41, 5.74) is 0.952. The van der Waals surface area contributed by atoms with Gasteiger partial charge in [-0.1, -0.05) is 30.3 Å². The zero-order chi connectivity index (χ0) is 12.1. The van der Waals surface area contributed by atoms with Gasteiger partial charge in [-0.05, 0) is 19.4 Å². The Balaban J connectivity index is 2.62. The average Bonchev–Trinajstić information content (AvgIpc) is 2.28. The molecule has 0 fully saturated rings. The average molecular weight is 221 g/mol. The molecule has 0 aromatic heterocycles. The van der Waals surface area contributed by atoms with E-state index in [0.717, 1.165) is 5.56 Å². The van der Waals surface area contributed by atoms with Gasteiger partial charge >= 0.3 is 5.97 Å². The summed E-state index contributed by atoms with van der Waals surface area (Å²) in [6, 6.07) is 9.22. The van der Waals surface area contributed by atoms with Gasteiger partial charge in [0.1, 0.15) is 5.92 Å². The van der Waals surface area contributed by atoms with Crippen LogP contribution in [0.5, 0.6) is 0 Å².